The van der Waals surface area contributed by atoms with Gasteiger partial charge in [0.2, 0.25) is 0 Å². The number of carboxylic acids is 1. The topological polar surface area (TPSA) is 68.0 Å². The first-order valence-electron chi connectivity index (χ1n) is 4.70. The lowest BCUT2D eigenvalue weighted by molar-refractivity contribution is 0.0699. The number of aromatic carboxylic acids is 1. The van der Waals surface area contributed by atoms with Crippen LogP contribution in [0.15, 0.2) is 12.3 Å². The maximum absolute atomic E-state index is 11.0. The molecule has 1 N–H and O–H groups in total. The number of carbonyl (C=O) groups is 1. The molecular formula is C10H11N3O2. The number of carboxylic acid groups (broad SMARTS) is 1. The smallest absolute Gasteiger partial charge is 0.336 e. The van der Waals surface area contributed by atoms with E-state index in [1.807, 2.05) is 6.92 Å². The minimum Gasteiger partial charge on any atom is -0.478 e. The van der Waals surface area contributed by atoms with Crippen molar-refractivity contribution in [1.29, 1.82) is 0 Å². The average Bonchev–Trinajstić information content (AvgIpc) is 2.58. The van der Waals surface area contributed by atoms with Crippen LogP contribution in [-0.2, 0) is 6.54 Å². The minimum absolute atomic E-state index is 0.261. The third-order valence-corrected chi connectivity index (χ3v) is 2.27. The molecule has 0 saturated carbocycles. The zero-order chi connectivity index (χ0) is 11.0. The summed E-state index contributed by atoms with van der Waals surface area (Å²) in [5, 5.41) is 13.7. The molecule has 0 aliphatic heterocycles. The van der Waals surface area contributed by atoms with Gasteiger partial charge in [-0.3, -0.25) is 0 Å². The molecule has 5 heteroatoms. The number of hydrogen-bond donors (Lipinski definition) is 1. The first-order chi connectivity index (χ1) is 7.13. The maximum atomic E-state index is 11.0. The van der Waals surface area contributed by atoms with Crippen LogP contribution in [0, 0.1) is 6.92 Å². The first-order valence-corrected chi connectivity index (χ1v) is 4.70. The number of aromatic nitrogens is 3. The van der Waals surface area contributed by atoms with Gasteiger partial charge in [0.15, 0.2) is 5.65 Å². The van der Waals surface area contributed by atoms with Gasteiger partial charge in [-0.05, 0) is 19.9 Å². The highest BCUT2D eigenvalue weighted by Crippen LogP contribution is 2.17. The molecule has 5 nitrogen and oxygen atoms in total. The van der Waals surface area contributed by atoms with Crippen LogP contribution in [0.5, 0.6) is 0 Å². The van der Waals surface area contributed by atoms with Crippen molar-refractivity contribution in [2.24, 2.45) is 0 Å². The molecule has 0 fully saturated rings. The van der Waals surface area contributed by atoms with E-state index in [2.05, 4.69) is 10.1 Å². The molecule has 2 aromatic rings. The van der Waals surface area contributed by atoms with E-state index < -0.39 is 5.97 Å². The predicted octanol–water partition coefficient (Wildman–Crippen LogP) is 1.46. The van der Waals surface area contributed by atoms with Crippen molar-refractivity contribution < 1.29 is 9.90 Å². The molecule has 15 heavy (non-hydrogen) atoms. The highest BCUT2D eigenvalue weighted by Gasteiger charge is 2.13. The van der Waals surface area contributed by atoms with Crippen LogP contribution in [0.25, 0.3) is 11.0 Å². The van der Waals surface area contributed by atoms with E-state index >= 15 is 0 Å². The Labute approximate surface area is 86.4 Å². The summed E-state index contributed by atoms with van der Waals surface area (Å²) in [6.45, 7) is 4.40. The maximum Gasteiger partial charge on any atom is 0.336 e. The standard InChI is InChI=1S/C10H11N3O2/c1-3-13-9-8(5-11-13)7(10(14)15)4-6(2)12-9/h4-5H,3H2,1-2H3,(H,14,15). The molecule has 0 amide bonds. The predicted molar refractivity (Wildman–Crippen MR) is 54.9 cm³/mol. The summed E-state index contributed by atoms with van der Waals surface area (Å²) in [6, 6.07) is 1.56. The Bertz CT molecular complexity index is 531. The third-order valence-electron chi connectivity index (χ3n) is 2.27. The summed E-state index contributed by atoms with van der Waals surface area (Å²) >= 11 is 0. The van der Waals surface area contributed by atoms with Gasteiger partial charge in [-0.25, -0.2) is 14.5 Å². The number of aryl methyl sites for hydroxylation is 2. The Hall–Kier alpha value is -1.91. The molecule has 0 unspecified atom stereocenters. The van der Waals surface area contributed by atoms with Crippen molar-refractivity contribution in [1.82, 2.24) is 14.8 Å². The molecule has 0 spiro atoms. The number of nitrogens with zero attached hydrogens (tertiary/aromatic N) is 3. The quantitative estimate of drug-likeness (QED) is 0.805. The molecule has 2 rings (SSSR count). The highest BCUT2D eigenvalue weighted by molar-refractivity contribution is 6.01. The normalized spacial score (nSPS) is 10.8. The van der Waals surface area contributed by atoms with Crippen LogP contribution in [0.4, 0.5) is 0 Å². The second kappa shape index (κ2) is 3.34. The van der Waals surface area contributed by atoms with E-state index in [1.54, 1.807) is 23.9 Å². The van der Waals surface area contributed by atoms with Gasteiger partial charge >= 0.3 is 5.97 Å². The molecule has 0 atom stereocenters. The van der Waals surface area contributed by atoms with Gasteiger partial charge in [-0.15, -0.1) is 0 Å². The van der Waals surface area contributed by atoms with Gasteiger partial charge in [0.25, 0.3) is 0 Å². The molecule has 2 heterocycles. The first kappa shape index (κ1) is 9.64. The van der Waals surface area contributed by atoms with Crippen molar-refractivity contribution in [2.75, 3.05) is 0 Å². The lowest BCUT2D eigenvalue weighted by Crippen LogP contribution is -2.02. The number of pyridine rings is 1. The largest absolute Gasteiger partial charge is 0.478 e. The van der Waals surface area contributed by atoms with Crippen molar-refractivity contribution in [3.05, 3.63) is 23.5 Å². The third kappa shape index (κ3) is 1.45. The molecule has 0 aliphatic carbocycles. The van der Waals surface area contributed by atoms with E-state index in [1.165, 1.54) is 0 Å². The minimum atomic E-state index is -0.943. The monoisotopic (exact) mass is 205 g/mol. The number of fused-ring (bicyclic) bond motifs is 1. The molecule has 0 radical (unpaired) electrons. The van der Waals surface area contributed by atoms with Crippen molar-refractivity contribution in [3.63, 3.8) is 0 Å². The fourth-order valence-electron chi connectivity index (χ4n) is 1.58. The van der Waals surface area contributed by atoms with E-state index in [9.17, 15) is 4.79 Å². The summed E-state index contributed by atoms with van der Waals surface area (Å²) in [5.41, 5.74) is 1.59. The Morgan fingerprint density at radius 3 is 2.93 bits per heavy atom. The van der Waals surface area contributed by atoms with Gasteiger partial charge in [0.05, 0.1) is 17.1 Å². The Morgan fingerprint density at radius 2 is 2.33 bits per heavy atom. The van der Waals surface area contributed by atoms with Crippen molar-refractivity contribution in [2.45, 2.75) is 20.4 Å². The molecule has 0 aromatic carbocycles. The average molecular weight is 205 g/mol. The fourth-order valence-corrected chi connectivity index (χ4v) is 1.58. The van der Waals surface area contributed by atoms with Crippen LogP contribution in [0.1, 0.15) is 23.0 Å². The van der Waals surface area contributed by atoms with E-state index in [0.717, 1.165) is 0 Å². The molecule has 2 aromatic heterocycles. The summed E-state index contributed by atoms with van der Waals surface area (Å²) in [5.74, 6) is -0.943. The fraction of sp³-hybridized carbons (Fsp3) is 0.300. The second-order valence-corrected chi connectivity index (χ2v) is 3.31. The van der Waals surface area contributed by atoms with Crippen LogP contribution in [-0.4, -0.2) is 25.8 Å². The Kier molecular flexibility index (Phi) is 2.15. The zero-order valence-electron chi connectivity index (χ0n) is 8.56. The van der Waals surface area contributed by atoms with Gasteiger partial charge in [0.1, 0.15) is 0 Å². The van der Waals surface area contributed by atoms with Crippen LogP contribution in [0.3, 0.4) is 0 Å². The summed E-state index contributed by atoms with van der Waals surface area (Å²) in [7, 11) is 0. The van der Waals surface area contributed by atoms with Gasteiger partial charge in [-0.1, -0.05) is 0 Å². The van der Waals surface area contributed by atoms with Crippen LogP contribution >= 0.6 is 0 Å². The molecule has 0 aliphatic rings. The van der Waals surface area contributed by atoms with E-state index in [4.69, 9.17) is 5.11 Å². The van der Waals surface area contributed by atoms with Gasteiger partial charge in [-0.2, -0.15) is 5.10 Å². The van der Waals surface area contributed by atoms with Crippen LogP contribution < -0.4 is 0 Å². The van der Waals surface area contributed by atoms with Gasteiger partial charge < -0.3 is 5.11 Å². The molecule has 78 valence electrons. The summed E-state index contributed by atoms with van der Waals surface area (Å²) < 4.78 is 1.69. The number of rotatable bonds is 2. The Morgan fingerprint density at radius 1 is 1.60 bits per heavy atom. The van der Waals surface area contributed by atoms with Crippen molar-refractivity contribution >= 4 is 17.0 Å². The summed E-state index contributed by atoms with van der Waals surface area (Å²) in [6.07, 6.45) is 1.55. The summed E-state index contributed by atoms with van der Waals surface area (Å²) in [4.78, 5) is 15.3. The highest BCUT2D eigenvalue weighted by atomic mass is 16.4. The molecule has 0 bridgehead atoms. The molecular weight excluding hydrogens is 194 g/mol. The lowest BCUT2D eigenvalue weighted by atomic mass is 10.1. The van der Waals surface area contributed by atoms with Crippen molar-refractivity contribution in [3.8, 4) is 0 Å². The second-order valence-electron chi connectivity index (χ2n) is 3.31. The zero-order valence-corrected chi connectivity index (χ0v) is 8.56. The molecule has 0 saturated heterocycles. The SMILES string of the molecule is CCn1ncc2c(C(=O)O)cc(C)nc21. The Balaban J connectivity index is 2.82. The van der Waals surface area contributed by atoms with E-state index in [0.29, 0.717) is 23.3 Å². The lowest BCUT2D eigenvalue weighted by Gasteiger charge is -2.01. The number of hydrogen-bond acceptors (Lipinski definition) is 3. The van der Waals surface area contributed by atoms with E-state index in [-0.39, 0.29) is 5.56 Å². The van der Waals surface area contributed by atoms with Crippen LogP contribution in [0.2, 0.25) is 0 Å². The van der Waals surface area contributed by atoms with Gasteiger partial charge in [0, 0.05) is 12.2 Å².